The van der Waals surface area contributed by atoms with Gasteiger partial charge in [-0.2, -0.15) is 0 Å². The van der Waals surface area contributed by atoms with E-state index in [0.29, 0.717) is 5.91 Å². The quantitative estimate of drug-likeness (QED) is 0.709. The van der Waals surface area contributed by atoms with Crippen molar-refractivity contribution >= 4 is 5.91 Å². The molecule has 1 heterocycles. The first-order chi connectivity index (χ1) is 6.99. The SMILES string of the molecule is CCCN1CCC(C)(C(=O)N(C)C)CC1. The van der Waals surface area contributed by atoms with Gasteiger partial charge >= 0.3 is 0 Å². The minimum Gasteiger partial charge on any atom is -0.348 e. The van der Waals surface area contributed by atoms with Gasteiger partial charge in [-0.25, -0.2) is 0 Å². The lowest BCUT2D eigenvalue weighted by Gasteiger charge is -2.39. The van der Waals surface area contributed by atoms with E-state index in [0.717, 1.165) is 25.9 Å². The Kier molecular flexibility index (Phi) is 4.14. The Morgan fingerprint density at radius 1 is 1.33 bits per heavy atom. The third-order valence-corrected chi connectivity index (χ3v) is 3.42. The van der Waals surface area contributed by atoms with Gasteiger partial charge in [-0.15, -0.1) is 0 Å². The second kappa shape index (κ2) is 4.97. The topological polar surface area (TPSA) is 23.6 Å². The fourth-order valence-electron chi connectivity index (χ4n) is 2.34. The number of likely N-dealkylation sites (tertiary alicyclic amines) is 1. The summed E-state index contributed by atoms with van der Waals surface area (Å²) in [5, 5.41) is 0. The van der Waals surface area contributed by atoms with Gasteiger partial charge in [-0.05, 0) is 38.9 Å². The van der Waals surface area contributed by atoms with Gasteiger partial charge < -0.3 is 9.80 Å². The molecule has 0 unspecified atom stereocenters. The summed E-state index contributed by atoms with van der Waals surface area (Å²) in [6.07, 6.45) is 3.21. The number of hydrogen-bond acceptors (Lipinski definition) is 2. The lowest BCUT2D eigenvalue weighted by Crippen LogP contribution is -2.46. The summed E-state index contributed by atoms with van der Waals surface area (Å²) < 4.78 is 0. The fourth-order valence-corrected chi connectivity index (χ4v) is 2.34. The summed E-state index contributed by atoms with van der Waals surface area (Å²) in [7, 11) is 3.71. The van der Waals surface area contributed by atoms with E-state index >= 15 is 0 Å². The van der Waals surface area contributed by atoms with Crippen LogP contribution in [0, 0.1) is 5.41 Å². The molecule has 1 amide bonds. The number of nitrogens with zero attached hydrogens (tertiary/aromatic N) is 2. The summed E-state index contributed by atoms with van der Waals surface area (Å²) in [6.45, 7) is 7.64. The summed E-state index contributed by atoms with van der Waals surface area (Å²) in [5.41, 5.74) is -0.117. The molecule has 0 spiro atoms. The summed E-state index contributed by atoms with van der Waals surface area (Å²) in [4.78, 5) is 16.2. The molecule has 1 aliphatic heterocycles. The highest BCUT2D eigenvalue weighted by Gasteiger charge is 2.37. The lowest BCUT2D eigenvalue weighted by atomic mass is 9.79. The third-order valence-electron chi connectivity index (χ3n) is 3.42. The standard InChI is InChI=1S/C12H24N2O/c1-5-8-14-9-6-12(2,7-10-14)11(15)13(3)4/h5-10H2,1-4H3. The maximum atomic E-state index is 12.0. The van der Waals surface area contributed by atoms with Crippen LogP contribution >= 0.6 is 0 Å². The van der Waals surface area contributed by atoms with Gasteiger partial charge in [0, 0.05) is 19.5 Å². The van der Waals surface area contributed by atoms with Gasteiger partial charge in [0.2, 0.25) is 5.91 Å². The molecule has 0 aliphatic carbocycles. The second-order valence-electron chi connectivity index (χ2n) is 5.10. The zero-order valence-electron chi connectivity index (χ0n) is 10.5. The molecule has 0 aromatic carbocycles. The molecule has 0 bridgehead atoms. The van der Waals surface area contributed by atoms with Crippen LogP contribution < -0.4 is 0 Å². The average molecular weight is 212 g/mol. The van der Waals surface area contributed by atoms with Crippen molar-refractivity contribution in [3.05, 3.63) is 0 Å². The average Bonchev–Trinajstić information content (AvgIpc) is 2.21. The van der Waals surface area contributed by atoms with Crippen molar-refractivity contribution < 1.29 is 4.79 Å². The molecule has 3 heteroatoms. The highest BCUT2D eigenvalue weighted by Crippen LogP contribution is 2.32. The number of piperidine rings is 1. The van der Waals surface area contributed by atoms with Crippen molar-refractivity contribution in [2.45, 2.75) is 33.1 Å². The van der Waals surface area contributed by atoms with Crippen molar-refractivity contribution in [3.63, 3.8) is 0 Å². The first kappa shape index (κ1) is 12.5. The Morgan fingerprint density at radius 2 is 1.87 bits per heavy atom. The Balaban J connectivity index is 2.51. The van der Waals surface area contributed by atoms with E-state index in [1.807, 2.05) is 14.1 Å². The molecule has 3 nitrogen and oxygen atoms in total. The highest BCUT2D eigenvalue weighted by molar-refractivity contribution is 5.82. The minimum absolute atomic E-state index is 0.117. The molecule has 1 saturated heterocycles. The maximum absolute atomic E-state index is 12.0. The number of rotatable bonds is 3. The monoisotopic (exact) mass is 212 g/mol. The van der Waals surface area contributed by atoms with E-state index in [4.69, 9.17) is 0 Å². The largest absolute Gasteiger partial charge is 0.348 e. The molecule has 88 valence electrons. The van der Waals surface area contributed by atoms with Crippen LogP contribution in [-0.2, 0) is 4.79 Å². The number of carbonyl (C=O) groups excluding carboxylic acids is 1. The number of carbonyl (C=O) groups is 1. The molecular weight excluding hydrogens is 188 g/mol. The second-order valence-corrected chi connectivity index (χ2v) is 5.10. The molecule has 0 aromatic rings. The van der Waals surface area contributed by atoms with E-state index in [1.165, 1.54) is 13.0 Å². The van der Waals surface area contributed by atoms with Crippen LogP contribution in [0.1, 0.15) is 33.1 Å². The van der Waals surface area contributed by atoms with Gasteiger partial charge in [0.05, 0.1) is 0 Å². The lowest BCUT2D eigenvalue weighted by molar-refractivity contribution is -0.141. The van der Waals surface area contributed by atoms with Crippen molar-refractivity contribution in [2.75, 3.05) is 33.7 Å². The van der Waals surface area contributed by atoms with Gasteiger partial charge in [0.25, 0.3) is 0 Å². The van der Waals surface area contributed by atoms with Gasteiger partial charge in [-0.1, -0.05) is 13.8 Å². The predicted octanol–water partition coefficient (Wildman–Crippen LogP) is 1.59. The van der Waals surface area contributed by atoms with Crippen LogP contribution in [0.3, 0.4) is 0 Å². The van der Waals surface area contributed by atoms with Gasteiger partial charge in [0.1, 0.15) is 0 Å². The van der Waals surface area contributed by atoms with Crippen LogP contribution in [0.4, 0.5) is 0 Å². The molecule has 0 saturated carbocycles. The first-order valence-corrected chi connectivity index (χ1v) is 5.94. The Bertz CT molecular complexity index is 218. The highest BCUT2D eigenvalue weighted by atomic mass is 16.2. The van der Waals surface area contributed by atoms with E-state index in [-0.39, 0.29) is 5.41 Å². The Hall–Kier alpha value is -0.570. The predicted molar refractivity (Wildman–Crippen MR) is 62.8 cm³/mol. The zero-order chi connectivity index (χ0) is 11.5. The smallest absolute Gasteiger partial charge is 0.228 e. The van der Waals surface area contributed by atoms with Crippen molar-refractivity contribution in [1.29, 1.82) is 0 Å². The molecule has 1 aliphatic rings. The summed E-state index contributed by atoms with van der Waals surface area (Å²) in [5.74, 6) is 0.290. The fraction of sp³-hybridized carbons (Fsp3) is 0.917. The zero-order valence-corrected chi connectivity index (χ0v) is 10.5. The van der Waals surface area contributed by atoms with Crippen molar-refractivity contribution in [2.24, 2.45) is 5.41 Å². The van der Waals surface area contributed by atoms with Crippen molar-refractivity contribution in [1.82, 2.24) is 9.80 Å². The van der Waals surface area contributed by atoms with Crippen LogP contribution in [-0.4, -0.2) is 49.4 Å². The normalized spacial score (nSPS) is 21.3. The number of hydrogen-bond donors (Lipinski definition) is 0. The molecule has 0 atom stereocenters. The van der Waals surface area contributed by atoms with Gasteiger partial charge in [0.15, 0.2) is 0 Å². The summed E-state index contributed by atoms with van der Waals surface area (Å²) in [6, 6.07) is 0. The first-order valence-electron chi connectivity index (χ1n) is 5.94. The van der Waals surface area contributed by atoms with E-state index < -0.39 is 0 Å². The molecule has 15 heavy (non-hydrogen) atoms. The molecule has 0 aromatic heterocycles. The number of amides is 1. The molecule has 1 rings (SSSR count). The molecule has 1 fully saturated rings. The molecule has 0 radical (unpaired) electrons. The Morgan fingerprint density at radius 3 is 2.27 bits per heavy atom. The maximum Gasteiger partial charge on any atom is 0.228 e. The van der Waals surface area contributed by atoms with E-state index in [2.05, 4.69) is 18.7 Å². The minimum atomic E-state index is -0.117. The van der Waals surface area contributed by atoms with Crippen LogP contribution in [0.15, 0.2) is 0 Å². The Labute approximate surface area is 93.4 Å². The molecule has 0 N–H and O–H groups in total. The van der Waals surface area contributed by atoms with Crippen LogP contribution in [0.2, 0.25) is 0 Å². The van der Waals surface area contributed by atoms with E-state index in [9.17, 15) is 4.79 Å². The summed E-state index contributed by atoms with van der Waals surface area (Å²) >= 11 is 0. The molecular formula is C12H24N2O. The van der Waals surface area contributed by atoms with Crippen LogP contribution in [0.5, 0.6) is 0 Å². The van der Waals surface area contributed by atoms with E-state index in [1.54, 1.807) is 4.90 Å². The third kappa shape index (κ3) is 2.94. The van der Waals surface area contributed by atoms with Gasteiger partial charge in [-0.3, -0.25) is 4.79 Å². The van der Waals surface area contributed by atoms with Crippen LogP contribution in [0.25, 0.3) is 0 Å². The van der Waals surface area contributed by atoms with Crippen molar-refractivity contribution in [3.8, 4) is 0 Å².